The van der Waals surface area contributed by atoms with Crippen molar-refractivity contribution in [2.45, 2.75) is 19.4 Å². The second-order valence-corrected chi connectivity index (χ2v) is 3.69. The summed E-state index contributed by atoms with van der Waals surface area (Å²) in [5.74, 6) is -4.60. The van der Waals surface area contributed by atoms with E-state index in [4.69, 9.17) is 0 Å². The number of benzene rings is 1. The second kappa shape index (κ2) is 6.39. The fourth-order valence-corrected chi connectivity index (χ4v) is 1.58. The molecule has 0 heterocycles. The fraction of sp³-hybridized carbons (Fsp3) is 0.417. The molecule has 1 aromatic carbocycles. The highest BCUT2D eigenvalue weighted by Gasteiger charge is 2.19. The third kappa shape index (κ3) is 3.46. The fourth-order valence-electron chi connectivity index (χ4n) is 1.58. The van der Waals surface area contributed by atoms with Crippen LogP contribution in [0.1, 0.15) is 24.9 Å². The van der Waals surface area contributed by atoms with Crippen molar-refractivity contribution in [2.75, 3.05) is 13.7 Å². The van der Waals surface area contributed by atoms with Crippen LogP contribution in [0.5, 0.6) is 0 Å². The zero-order chi connectivity index (χ0) is 13.7. The highest BCUT2D eigenvalue weighted by molar-refractivity contribution is 5.70. The molecular formula is C12H14F3NO2. The molecule has 6 heteroatoms. The zero-order valence-electron chi connectivity index (χ0n) is 10.1. The molecule has 0 radical (unpaired) electrons. The van der Waals surface area contributed by atoms with Crippen LogP contribution in [0.4, 0.5) is 13.2 Å². The summed E-state index contributed by atoms with van der Waals surface area (Å²) in [5, 5.41) is 2.88. The highest BCUT2D eigenvalue weighted by atomic mass is 19.2. The average Bonchev–Trinajstić information content (AvgIpc) is 2.34. The lowest BCUT2D eigenvalue weighted by Gasteiger charge is -2.17. The number of hydrogen-bond donors (Lipinski definition) is 1. The first-order valence-corrected chi connectivity index (χ1v) is 5.44. The first kappa shape index (κ1) is 14.5. The molecule has 0 aliphatic carbocycles. The van der Waals surface area contributed by atoms with Crippen LogP contribution < -0.4 is 5.32 Å². The first-order valence-electron chi connectivity index (χ1n) is 5.44. The molecule has 0 aliphatic rings. The van der Waals surface area contributed by atoms with Crippen molar-refractivity contribution in [3.05, 3.63) is 35.1 Å². The van der Waals surface area contributed by atoms with Crippen molar-refractivity contribution >= 4 is 5.97 Å². The molecule has 100 valence electrons. The summed E-state index contributed by atoms with van der Waals surface area (Å²) in [5.41, 5.74) is 0.165. The normalized spacial score (nSPS) is 12.3. The van der Waals surface area contributed by atoms with E-state index in [1.54, 1.807) is 6.92 Å². The number of carbonyl (C=O) groups is 1. The van der Waals surface area contributed by atoms with Gasteiger partial charge in [-0.2, -0.15) is 0 Å². The number of nitrogens with one attached hydrogen (secondary N) is 1. The van der Waals surface area contributed by atoms with Crippen LogP contribution in [0.15, 0.2) is 12.1 Å². The highest BCUT2D eigenvalue weighted by Crippen LogP contribution is 2.22. The number of esters is 1. The molecule has 0 aliphatic heterocycles. The Hall–Kier alpha value is -1.56. The standard InChI is InChI=1S/C12H14F3NO2/c1-3-16-10(6-11(17)18-2)7-4-8(13)12(15)9(14)5-7/h4-5,10,16H,3,6H2,1-2H3. The van der Waals surface area contributed by atoms with Crippen LogP contribution in [0, 0.1) is 17.5 Å². The molecule has 0 bridgehead atoms. The van der Waals surface area contributed by atoms with Crippen molar-refractivity contribution in [1.82, 2.24) is 5.32 Å². The number of ether oxygens (including phenoxy) is 1. The minimum atomic E-state index is -1.52. The van der Waals surface area contributed by atoms with Gasteiger partial charge in [-0.25, -0.2) is 13.2 Å². The van der Waals surface area contributed by atoms with Gasteiger partial charge in [0.15, 0.2) is 17.5 Å². The van der Waals surface area contributed by atoms with Crippen LogP contribution in [0.25, 0.3) is 0 Å². The maximum absolute atomic E-state index is 13.1. The maximum Gasteiger partial charge on any atom is 0.307 e. The Labute approximate surface area is 103 Å². The van der Waals surface area contributed by atoms with E-state index in [-0.39, 0.29) is 12.0 Å². The molecule has 18 heavy (non-hydrogen) atoms. The van der Waals surface area contributed by atoms with Crippen LogP contribution >= 0.6 is 0 Å². The molecule has 0 saturated heterocycles. The summed E-state index contributed by atoms with van der Waals surface area (Å²) in [6.45, 7) is 2.27. The summed E-state index contributed by atoms with van der Waals surface area (Å²) in [6, 6.07) is 1.12. The molecule has 1 atom stereocenters. The third-order valence-corrected chi connectivity index (χ3v) is 2.46. The Morgan fingerprint density at radius 2 is 1.89 bits per heavy atom. The van der Waals surface area contributed by atoms with Crippen LogP contribution in [-0.4, -0.2) is 19.6 Å². The average molecular weight is 261 g/mol. The van der Waals surface area contributed by atoms with Crippen molar-refractivity contribution in [1.29, 1.82) is 0 Å². The van der Waals surface area contributed by atoms with Gasteiger partial charge in [-0.1, -0.05) is 6.92 Å². The monoisotopic (exact) mass is 261 g/mol. The molecule has 3 nitrogen and oxygen atoms in total. The van der Waals surface area contributed by atoms with Gasteiger partial charge < -0.3 is 10.1 Å². The number of rotatable bonds is 5. The Morgan fingerprint density at radius 3 is 2.33 bits per heavy atom. The van der Waals surface area contributed by atoms with Gasteiger partial charge in [-0.15, -0.1) is 0 Å². The smallest absolute Gasteiger partial charge is 0.307 e. The molecule has 0 fully saturated rings. The van der Waals surface area contributed by atoms with E-state index >= 15 is 0 Å². The molecular weight excluding hydrogens is 247 g/mol. The SMILES string of the molecule is CCNC(CC(=O)OC)c1cc(F)c(F)c(F)c1. The predicted octanol–water partition coefficient (Wildman–Crippen LogP) is 2.32. The quantitative estimate of drug-likeness (QED) is 0.653. The van der Waals surface area contributed by atoms with Crippen molar-refractivity contribution < 1.29 is 22.7 Å². The first-order chi connectivity index (χ1) is 8.49. The minimum Gasteiger partial charge on any atom is -0.469 e. The van der Waals surface area contributed by atoms with E-state index in [2.05, 4.69) is 10.1 Å². The van der Waals surface area contributed by atoms with Gasteiger partial charge in [0.1, 0.15) is 0 Å². The van der Waals surface area contributed by atoms with Crippen LogP contribution in [-0.2, 0) is 9.53 Å². The van der Waals surface area contributed by atoms with Gasteiger partial charge in [0.2, 0.25) is 0 Å². The Bertz CT molecular complexity index is 414. The molecule has 0 spiro atoms. The van der Waals surface area contributed by atoms with Crippen LogP contribution in [0.3, 0.4) is 0 Å². The van der Waals surface area contributed by atoms with Gasteiger partial charge >= 0.3 is 5.97 Å². The largest absolute Gasteiger partial charge is 0.469 e. The summed E-state index contributed by atoms with van der Waals surface area (Å²) in [4.78, 5) is 11.2. The lowest BCUT2D eigenvalue weighted by molar-refractivity contribution is -0.141. The lowest BCUT2D eigenvalue weighted by Crippen LogP contribution is -2.24. The molecule has 0 saturated carbocycles. The number of methoxy groups -OCH3 is 1. The summed E-state index contributed by atoms with van der Waals surface area (Å²) in [7, 11) is 1.22. The van der Waals surface area contributed by atoms with Gasteiger partial charge in [0, 0.05) is 6.04 Å². The van der Waals surface area contributed by atoms with Crippen molar-refractivity contribution in [2.24, 2.45) is 0 Å². The van der Waals surface area contributed by atoms with Gasteiger partial charge in [-0.3, -0.25) is 4.79 Å². The van der Waals surface area contributed by atoms with E-state index in [0.29, 0.717) is 6.54 Å². The molecule has 1 rings (SSSR count). The minimum absolute atomic E-state index is 0.0884. The van der Waals surface area contributed by atoms with Gasteiger partial charge in [0.25, 0.3) is 0 Å². The lowest BCUT2D eigenvalue weighted by atomic mass is 10.0. The Kier molecular flexibility index (Phi) is 5.15. The molecule has 1 N–H and O–H groups in total. The topological polar surface area (TPSA) is 38.3 Å². The summed E-state index contributed by atoms with van der Waals surface area (Å²) in [6.07, 6.45) is -0.0884. The van der Waals surface area contributed by atoms with Crippen molar-refractivity contribution in [3.63, 3.8) is 0 Å². The third-order valence-electron chi connectivity index (χ3n) is 2.46. The van der Waals surface area contributed by atoms with E-state index in [1.807, 2.05) is 0 Å². The Morgan fingerprint density at radius 1 is 1.33 bits per heavy atom. The van der Waals surface area contributed by atoms with Crippen molar-refractivity contribution in [3.8, 4) is 0 Å². The van der Waals surface area contributed by atoms with E-state index < -0.39 is 29.5 Å². The van der Waals surface area contributed by atoms with Gasteiger partial charge in [-0.05, 0) is 24.2 Å². The van der Waals surface area contributed by atoms with E-state index in [0.717, 1.165) is 12.1 Å². The molecule has 0 aromatic heterocycles. The summed E-state index contributed by atoms with van der Waals surface area (Å²) >= 11 is 0. The number of carbonyl (C=O) groups excluding carboxylic acids is 1. The van der Waals surface area contributed by atoms with E-state index in [9.17, 15) is 18.0 Å². The Balaban J connectivity index is 3.01. The van der Waals surface area contributed by atoms with Gasteiger partial charge in [0.05, 0.1) is 13.5 Å². The van der Waals surface area contributed by atoms with E-state index in [1.165, 1.54) is 7.11 Å². The predicted molar refractivity (Wildman–Crippen MR) is 59.4 cm³/mol. The zero-order valence-corrected chi connectivity index (χ0v) is 10.1. The second-order valence-electron chi connectivity index (χ2n) is 3.69. The maximum atomic E-state index is 13.1. The molecule has 0 amide bonds. The van der Waals surface area contributed by atoms with Crippen LogP contribution in [0.2, 0.25) is 0 Å². The summed E-state index contributed by atoms with van der Waals surface area (Å²) < 4.78 is 43.5. The number of halogens is 3. The number of hydrogen-bond acceptors (Lipinski definition) is 3. The molecule has 1 unspecified atom stereocenters. The molecule has 1 aromatic rings.